The minimum Gasteiger partial charge on any atom is -0.387 e. The van der Waals surface area contributed by atoms with E-state index in [1.54, 1.807) is 0 Å². The Balaban J connectivity index is 1.74. The van der Waals surface area contributed by atoms with E-state index in [1.165, 1.54) is 0 Å². The van der Waals surface area contributed by atoms with Crippen molar-refractivity contribution < 1.29 is 5.11 Å². The van der Waals surface area contributed by atoms with Crippen LogP contribution in [-0.4, -0.2) is 52.7 Å². The van der Waals surface area contributed by atoms with E-state index >= 15 is 0 Å². The molecule has 0 amide bonds. The Labute approximate surface area is 119 Å². The fraction of sp³-hybridized carbons (Fsp3) is 0.533. The van der Waals surface area contributed by atoms with E-state index in [-0.39, 0.29) is 0 Å². The highest BCUT2D eigenvalue weighted by molar-refractivity contribution is 5.76. The Hall–Kier alpha value is -1.43. The van der Waals surface area contributed by atoms with Gasteiger partial charge < -0.3 is 15.4 Å². The highest BCUT2D eigenvalue weighted by Crippen LogP contribution is 2.20. The number of nitrogens with one attached hydrogen (secondary N) is 2. The van der Waals surface area contributed by atoms with Gasteiger partial charge in [0.2, 0.25) is 0 Å². The first-order valence-corrected chi connectivity index (χ1v) is 7.36. The number of piperazine rings is 1. The fourth-order valence-corrected chi connectivity index (χ4v) is 2.70. The summed E-state index contributed by atoms with van der Waals surface area (Å²) in [6.45, 7) is 6.80. The molecule has 1 aliphatic heterocycles. The van der Waals surface area contributed by atoms with Crippen LogP contribution in [0.5, 0.6) is 0 Å². The highest BCUT2D eigenvalue weighted by atomic mass is 16.3. The van der Waals surface area contributed by atoms with Gasteiger partial charge in [-0.2, -0.15) is 0 Å². The summed E-state index contributed by atoms with van der Waals surface area (Å²) < 4.78 is 0. The molecule has 1 atom stereocenters. The molecule has 108 valence electrons. The quantitative estimate of drug-likeness (QED) is 0.780. The molecule has 0 bridgehead atoms. The molecule has 3 rings (SSSR count). The number of β-amino-alcohol motifs (C(OH)–C–C–N with tert-alkyl or cyclic N) is 1. The second kappa shape index (κ2) is 5.91. The first kappa shape index (κ1) is 13.5. The third kappa shape index (κ3) is 2.85. The molecule has 1 saturated heterocycles. The third-order valence-corrected chi connectivity index (χ3v) is 3.92. The lowest BCUT2D eigenvalue weighted by Crippen LogP contribution is -2.44. The van der Waals surface area contributed by atoms with Crippen LogP contribution in [0.3, 0.4) is 0 Å². The zero-order chi connectivity index (χ0) is 13.9. The molecule has 1 unspecified atom stereocenters. The summed E-state index contributed by atoms with van der Waals surface area (Å²) in [5.41, 5.74) is 2.95. The van der Waals surface area contributed by atoms with E-state index < -0.39 is 6.10 Å². The molecule has 5 nitrogen and oxygen atoms in total. The second-order valence-electron chi connectivity index (χ2n) is 5.38. The predicted molar refractivity (Wildman–Crippen MR) is 79.7 cm³/mol. The van der Waals surface area contributed by atoms with E-state index in [1.807, 2.05) is 18.2 Å². The summed E-state index contributed by atoms with van der Waals surface area (Å²) in [4.78, 5) is 10.1. The fourth-order valence-electron chi connectivity index (χ4n) is 2.70. The van der Waals surface area contributed by atoms with E-state index in [4.69, 9.17) is 0 Å². The van der Waals surface area contributed by atoms with Crippen LogP contribution >= 0.6 is 0 Å². The topological polar surface area (TPSA) is 64.2 Å². The molecule has 20 heavy (non-hydrogen) atoms. The van der Waals surface area contributed by atoms with E-state index in [0.29, 0.717) is 6.54 Å². The number of rotatable bonds is 4. The molecule has 0 saturated carbocycles. The van der Waals surface area contributed by atoms with Crippen LogP contribution in [0.1, 0.15) is 24.4 Å². The molecule has 2 aromatic rings. The number of imidazole rings is 1. The normalized spacial score (nSPS) is 18.5. The molecule has 1 fully saturated rings. The Kier molecular flexibility index (Phi) is 4.00. The van der Waals surface area contributed by atoms with Gasteiger partial charge in [0, 0.05) is 39.1 Å². The Morgan fingerprint density at radius 3 is 2.90 bits per heavy atom. The molecule has 0 spiro atoms. The standard InChI is InChI=1S/C15H22N4O/c1-2-15-17-12-4-3-11(9-13(12)18-15)14(20)10-19-7-5-16-6-8-19/h3-4,9,14,16,20H,2,5-8,10H2,1H3,(H,17,18). The Morgan fingerprint density at radius 1 is 1.35 bits per heavy atom. The van der Waals surface area contributed by atoms with Crippen molar-refractivity contribution in [1.82, 2.24) is 20.2 Å². The van der Waals surface area contributed by atoms with Gasteiger partial charge in [0.1, 0.15) is 5.82 Å². The molecule has 1 aromatic carbocycles. The van der Waals surface area contributed by atoms with Gasteiger partial charge in [-0.3, -0.25) is 4.90 Å². The van der Waals surface area contributed by atoms with Crippen LogP contribution in [0.4, 0.5) is 0 Å². The van der Waals surface area contributed by atoms with Gasteiger partial charge in [-0.15, -0.1) is 0 Å². The molecular formula is C15H22N4O. The maximum Gasteiger partial charge on any atom is 0.106 e. The van der Waals surface area contributed by atoms with Crippen molar-refractivity contribution in [3.8, 4) is 0 Å². The van der Waals surface area contributed by atoms with Crippen LogP contribution in [0, 0.1) is 0 Å². The van der Waals surface area contributed by atoms with Gasteiger partial charge in [-0.05, 0) is 17.7 Å². The molecule has 5 heteroatoms. The zero-order valence-electron chi connectivity index (χ0n) is 11.9. The third-order valence-electron chi connectivity index (χ3n) is 3.92. The molecule has 3 N–H and O–H groups in total. The van der Waals surface area contributed by atoms with Crippen LogP contribution in [0.2, 0.25) is 0 Å². The van der Waals surface area contributed by atoms with Crippen molar-refractivity contribution in [2.24, 2.45) is 0 Å². The van der Waals surface area contributed by atoms with Crippen molar-refractivity contribution in [2.45, 2.75) is 19.4 Å². The number of benzene rings is 1. The molecule has 1 aliphatic rings. The molecular weight excluding hydrogens is 252 g/mol. The zero-order valence-corrected chi connectivity index (χ0v) is 11.9. The maximum absolute atomic E-state index is 10.4. The lowest BCUT2D eigenvalue weighted by Gasteiger charge is -2.29. The number of H-pyrrole nitrogens is 1. The summed E-state index contributed by atoms with van der Waals surface area (Å²) in [6.07, 6.45) is 0.457. The van der Waals surface area contributed by atoms with Crippen molar-refractivity contribution in [2.75, 3.05) is 32.7 Å². The number of aliphatic hydroxyl groups excluding tert-OH is 1. The number of aromatic nitrogens is 2. The van der Waals surface area contributed by atoms with Crippen molar-refractivity contribution in [1.29, 1.82) is 0 Å². The van der Waals surface area contributed by atoms with Gasteiger partial charge in [0.15, 0.2) is 0 Å². The van der Waals surface area contributed by atoms with E-state index in [0.717, 1.165) is 55.0 Å². The number of hydrogen-bond donors (Lipinski definition) is 3. The van der Waals surface area contributed by atoms with Gasteiger partial charge in [-0.1, -0.05) is 13.0 Å². The van der Waals surface area contributed by atoms with Crippen LogP contribution in [0.15, 0.2) is 18.2 Å². The Bertz CT molecular complexity index is 574. The highest BCUT2D eigenvalue weighted by Gasteiger charge is 2.16. The number of fused-ring (bicyclic) bond motifs is 1. The first-order chi connectivity index (χ1) is 9.76. The average molecular weight is 274 g/mol. The summed E-state index contributed by atoms with van der Waals surface area (Å²) in [6, 6.07) is 5.99. The SMILES string of the molecule is CCc1nc2ccc(C(O)CN3CCNCC3)cc2[nH]1. The number of nitrogens with zero attached hydrogens (tertiary/aromatic N) is 2. The molecule has 2 heterocycles. The lowest BCUT2D eigenvalue weighted by atomic mass is 10.1. The van der Waals surface area contributed by atoms with Crippen LogP contribution in [-0.2, 0) is 6.42 Å². The smallest absolute Gasteiger partial charge is 0.106 e. The van der Waals surface area contributed by atoms with Crippen molar-refractivity contribution in [3.63, 3.8) is 0 Å². The van der Waals surface area contributed by atoms with Gasteiger partial charge in [0.25, 0.3) is 0 Å². The molecule has 0 aliphatic carbocycles. The first-order valence-electron chi connectivity index (χ1n) is 7.36. The number of aromatic amines is 1. The molecule has 0 radical (unpaired) electrons. The summed E-state index contributed by atoms with van der Waals surface area (Å²) in [5.74, 6) is 0.994. The predicted octanol–water partition coefficient (Wildman–Crippen LogP) is 1.06. The minimum absolute atomic E-state index is 0.439. The van der Waals surface area contributed by atoms with Crippen LogP contribution < -0.4 is 5.32 Å². The monoisotopic (exact) mass is 274 g/mol. The van der Waals surface area contributed by atoms with E-state index in [9.17, 15) is 5.11 Å². The van der Waals surface area contributed by atoms with Crippen molar-refractivity contribution in [3.05, 3.63) is 29.6 Å². The van der Waals surface area contributed by atoms with Crippen molar-refractivity contribution >= 4 is 11.0 Å². The number of hydrogen-bond acceptors (Lipinski definition) is 4. The number of aliphatic hydroxyl groups is 1. The minimum atomic E-state index is -0.439. The van der Waals surface area contributed by atoms with Gasteiger partial charge in [-0.25, -0.2) is 4.98 Å². The van der Waals surface area contributed by atoms with E-state index in [2.05, 4.69) is 27.1 Å². The molecule has 1 aromatic heterocycles. The summed E-state index contributed by atoms with van der Waals surface area (Å²) >= 11 is 0. The van der Waals surface area contributed by atoms with Gasteiger partial charge in [0.05, 0.1) is 17.1 Å². The van der Waals surface area contributed by atoms with Crippen LogP contribution in [0.25, 0.3) is 11.0 Å². The maximum atomic E-state index is 10.4. The summed E-state index contributed by atoms with van der Waals surface area (Å²) in [7, 11) is 0. The van der Waals surface area contributed by atoms with Gasteiger partial charge >= 0.3 is 0 Å². The average Bonchev–Trinajstić information content (AvgIpc) is 2.90. The second-order valence-corrected chi connectivity index (χ2v) is 5.38. The Morgan fingerprint density at radius 2 is 2.15 bits per heavy atom. The largest absolute Gasteiger partial charge is 0.387 e. The lowest BCUT2D eigenvalue weighted by molar-refractivity contribution is 0.106. The summed E-state index contributed by atoms with van der Waals surface area (Å²) in [5, 5.41) is 13.7. The number of aryl methyl sites for hydroxylation is 1.